The van der Waals surface area contributed by atoms with E-state index in [4.69, 9.17) is 9.15 Å². The van der Waals surface area contributed by atoms with Crippen molar-refractivity contribution in [1.82, 2.24) is 19.3 Å². The molecule has 1 atom stereocenters. The van der Waals surface area contributed by atoms with E-state index in [1.54, 1.807) is 49.8 Å². The molecule has 4 rings (SSSR count). The first kappa shape index (κ1) is 20.5. The minimum absolute atomic E-state index is 0.246. The number of hydrogen-bond acceptors (Lipinski definition) is 7. The quantitative estimate of drug-likeness (QED) is 0.594. The lowest BCUT2D eigenvalue weighted by Crippen LogP contribution is -2.44. The van der Waals surface area contributed by atoms with Gasteiger partial charge < -0.3 is 9.15 Å². The molecule has 158 valence electrons. The molecule has 0 saturated carbocycles. The van der Waals surface area contributed by atoms with Gasteiger partial charge in [0.2, 0.25) is 10.0 Å². The zero-order chi connectivity index (χ0) is 21.1. The second kappa shape index (κ2) is 8.53. The predicted octanol–water partition coefficient (Wildman–Crippen LogP) is 3.23. The Bertz CT molecular complexity index is 1090. The molecule has 1 saturated heterocycles. The highest BCUT2D eigenvalue weighted by atomic mass is 32.2. The molecule has 0 aliphatic carbocycles. The van der Waals surface area contributed by atoms with Crippen molar-refractivity contribution >= 4 is 10.0 Å². The Morgan fingerprint density at radius 3 is 2.57 bits per heavy atom. The maximum absolute atomic E-state index is 13.1. The minimum Gasteiger partial charge on any atom is -0.459 e. The molecule has 30 heavy (non-hydrogen) atoms. The standard InChI is InChI=1S/C21H24N4O4S/c1-3-16-11-22-21(23-12-16)29-18-5-4-10-25(13-18)30(26,27)19-8-6-17(7-9-19)20-14-28-15(2)24-20/h6-9,11-12,14,18H,3-5,10,13H2,1-2H3. The van der Waals surface area contributed by atoms with Crippen LogP contribution in [0.15, 0.2) is 52.2 Å². The highest BCUT2D eigenvalue weighted by molar-refractivity contribution is 7.89. The van der Waals surface area contributed by atoms with Crippen LogP contribution in [-0.2, 0) is 16.4 Å². The molecule has 3 aromatic rings. The van der Waals surface area contributed by atoms with Crippen LogP contribution in [0.1, 0.15) is 31.2 Å². The van der Waals surface area contributed by atoms with Crippen LogP contribution in [0.25, 0.3) is 11.3 Å². The van der Waals surface area contributed by atoms with E-state index in [0.717, 1.165) is 24.0 Å². The van der Waals surface area contributed by atoms with E-state index < -0.39 is 10.0 Å². The first-order chi connectivity index (χ1) is 14.5. The van der Waals surface area contributed by atoms with Crippen molar-refractivity contribution in [1.29, 1.82) is 0 Å². The lowest BCUT2D eigenvalue weighted by atomic mass is 10.1. The van der Waals surface area contributed by atoms with Gasteiger partial charge in [-0.05, 0) is 37.0 Å². The maximum Gasteiger partial charge on any atom is 0.316 e. The van der Waals surface area contributed by atoms with Gasteiger partial charge in [-0.15, -0.1) is 0 Å². The molecule has 0 bridgehead atoms. The van der Waals surface area contributed by atoms with Crippen molar-refractivity contribution < 1.29 is 17.6 Å². The molecular weight excluding hydrogens is 404 g/mol. The van der Waals surface area contributed by atoms with Gasteiger partial charge in [0.15, 0.2) is 5.89 Å². The molecule has 0 N–H and O–H groups in total. The molecule has 2 aromatic heterocycles. The summed E-state index contributed by atoms with van der Waals surface area (Å²) in [6.45, 7) is 4.52. The Hall–Kier alpha value is -2.78. The number of piperidine rings is 1. The molecule has 0 spiro atoms. The van der Waals surface area contributed by atoms with Gasteiger partial charge in [0.25, 0.3) is 0 Å². The van der Waals surface area contributed by atoms with Crippen molar-refractivity contribution in [2.75, 3.05) is 13.1 Å². The molecular formula is C21H24N4O4S. The molecule has 1 unspecified atom stereocenters. The fourth-order valence-electron chi connectivity index (χ4n) is 3.40. The second-order valence-electron chi connectivity index (χ2n) is 7.25. The highest BCUT2D eigenvalue weighted by Crippen LogP contribution is 2.25. The summed E-state index contributed by atoms with van der Waals surface area (Å²) in [5.41, 5.74) is 2.51. The molecule has 8 nitrogen and oxygen atoms in total. The zero-order valence-electron chi connectivity index (χ0n) is 17.0. The van der Waals surface area contributed by atoms with Gasteiger partial charge in [-0.25, -0.2) is 23.4 Å². The Balaban J connectivity index is 1.46. The number of hydrogen-bond donors (Lipinski definition) is 0. The average molecular weight is 429 g/mol. The maximum atomic E-state index is 13.1. The van der Waals surface area contributed by atoms with Crippen LogP contribution in [-0.4, -0.2) is 46.9 Å². The summed E-state index contributed by atoms with van der Waals surface area (Å²) in [7, 11) is -3.62. The summed E-state index contributed by atoms with van der Waals surface area (Å²) in [6, 6.07) is 6.97. The van der Waals surface area contributed by atoms with Gasteiger partial charge in [-0.1, -0.05) is 19.1 Å². The third-order valence-corrected chi connectivity index (χ3v) is 6.99. The summed E-state index contributed by atoms with van der Waals surface area (Å²) < 4.78 is 38.8. The number of ether oxygens (including phenoxy) is 1. The number of aryl methyl sites for hydroxylation is 2. The first-order valence-corrected chi connectivity index (χ1v) is 11.4. The van der Waals surface area contributed by atoms with E-state index in [-0.39, 0.29) is 23.6 Å². The molecule has 1 aromatic carbocycles. The third-order valence-electron chi connectivity index (χ3n) is 5.11. The van der Waals surface area contributed by atoms with E-state index in [9.17, 15) is 8.42 Å². The average Bonchev–Trinajstić information content (AvgIpc) is 3.21. The van der Waals surface area contributed by atoms with E-state index in [1.807, 2.05) is 6.92 Å². The lowest BCUT2D eigenvalue weighted by Gasteiger charge is -2.31. The monoisotopic (exact) mass is 428 g/mol. The van der Waals surface area contributed by atoms with Gasteiger partial charge in [0.05, 0.1) is 11.4 Å². The smallest absolute Gasteiger partial charge is 0.316 e. The van der Waals surface area contributed by atoms with Gasteiger partial charge in [0.1, 0.15) is 18.1 Å². The van der Waals surface area contributed by atoms with Crippen molar-refractivity contribution in [2.24, 2.45) is 0 Å². The van der Waals surface area contributed by atoms with Crippen LogP contribution >= 0.6 is 0 Å². The molecule has 0 radical (unpaired) electrons. The van der Waals surface area contributed by atoms with Crippen molar-refractivity contribution in [3.63, 3.8) is 0 Å². The Morgan fingerprint density at radius 2 is 1.93 bits per heavy atom. The van der Waals surface area contributed by atoms with Crippen molar-refractivity contribution in [2.45, 2.75) is 44.1 Å². The molecule has 3 heterocycles. The number of sulfonamides is 1. The summed E-state index contributed by atoms with van der Waals surface area (Å²) >= 11 is 0. The lowest BCUT2D eigenvalue weighted by molar-refractivity contribution is 0.119. The van der Waals surface area contributed by atoms with E-state index in [1.165, 1.54) is 4.31 Å². The molecule has 9 heteroatoms. The summed E-state index contributed by atoms with van der Waals surface area (Å²) in [5.74, 6) is 0.564. The Kier molecular flexibility index (Phi) is 5.83. The number of rotatable bonds is 6. The van der Waals surface area contributed by atoms with Crippen molar-refractivity contribution in [3.8, 4) is 17.3 Å². The molecule has 1 fully saturated rings. The second-order valence-corrected chi connectivity index (χ2v) is 9.19. The van der Waals surface area contributed by atoms with Crippen LogP contribution in [0.3, 0.4) is 0 Å². The summed E-state index contributed by atoms with van der Waals surface area (Å²) in [4.78, 5) is 12.9. The topological polar surface area (TPSA) is 98.4 Å². The zero-order valence-corrected chi connectivity index (χ0v) is 17.8. The molecule has 1 aliphatic heterocycles. The number of oxazole rings is 1. The fraction of sp³-hybridized carbons (Fsp3) is 0.381. The van der Waals surface area contributed by atoms with Crippen LogP contribution in [0.5, 0.6) is 6.01 Å². The third kappa shape index (κ3) is 4.36. The number of aromatic nitrogens is 3. The van der Waals surface area contributed by atoms with Gasteiger partial charge >= 0.3 is 6.01 Å². The van der Waals surface area contributed by atoms with E-state index >= 15 is 0 Å². The van der Waals surface area contributed by atoms with E-state index in [0.29, 0.717) is 24.6 Å². The number of nitrogens with zero attached hydrogens (tertiary/aromatic N) is 4. The molecule has 0 amide bonds. The van der Waals surface area contributed by atoms with Gasteiger partial charge in [0, 0.05) is 31.4 Å². The minimum atomic E-state index is -3.62. The van der Waals surface area contributed by atoms with Gasteiger partial charge in [-0.2, -0.15) is 4.31 Å². The fourth-order valence-corrected chi connectivity index (χ4v) is 4.91. The Morgan fingerprint density at radius 1 is 1.20 bits per heavy atom. The van der Waals surface area contributed by atoms with Crippen LogP contribution in [0.4, 0.5) is 0 Å². The molecule has 1 aliphatic rings. The van der Waals surface area contributed by atoms with Crippen molar-refractivity contribution in [3.05, 3.63) is 54.4 Å². The summed E-state index contributed by atoms with van der Waals surface area (Å²) in [5, 5.41) is 0. The van der Waals surface area contributed by atoms with Gasteiger partial charge in [-0.3, -0.25) is 0 Å². The largest absolute Gasteiger partial charge is 0.459 e. The SMILES string of the molecule is CCc1cnc(OC2CCCN(S(=O)(=O)c3ccc(-c4coc(C)n4)cc3)C2)nc1. The predicted molar refractivity (Wildman–Crippen MR) is 110 cm³/mol. The normalized spacial score (nSPS) is 17.7. The Labute approximate surface area is 176 Å². The number of benzene rings is 1. The van der Waals surface area contributed by atoms with E-state index in [2.05, 4.69) is 15.0 Å². The van der Waals surface area contributed by atoms with Crippen LogP contribution in [0.2, 0.25) is 0 Å². The summed E-state index contributed by atoms with van der Waals surface area (Å²) in [6.07, 6.45) is 7.07. The van der Waals surface area contributed by atoms with Crippen LogP contribution in [0, 0.1) is 6.92 Å². The highest BCUT2D eigenvalue weighted by Gasteiger charge is 2.31. The first-order valence-electron chi connectivity index (χ1n) is 9.96. The van der Waals surface area contributed by atoms with Crippen LogP contribution < -0.4 is 4.74 Å².